The molecule has 2 fully saturated rings. The topological polar surface area (TPSA) is 78.5 Å². The van der Waals surface area contributed by atoms with Gasteiger partial charge in [-0.15, -0.1) is 0 Å². The molecule has 1 aromatic rings. The van der Waals surface area contributed by atoms with E-state index in [9.17, 15) is 14.4 Å². The zero-order valence-electron chi connectivity index (χ0n) is 14.6. The van der Waals surface area contributed by atoms with Crippen LogP contribution in [0.15, 0.2) is 24.3 Å². The number of nitrogens with zero attached hydrogens (tertiary/aromatic N) is 1. The molecule has 0 atom stereocenters. The van der Waals surface area contributed by atoms with Crippen LogP contribution in [0.25, 0.3) is 0 Å². The predicted octanol–water partition coefficient (Wildman–Crippen LogP) is 2.97. The summed E-state index contributed by atoms with van der Waals surface area (Å²) in [5.74, 6) is -0.615. The van der Waals surface area contributed by atoms with Gasteiger partial charge >= 0.3 is 6.03 Å². The van der Waals surface area contributed by atoms with Gasteiger partial charge in [0.15, 0.2) is 0 Å². The Morgan fingerprint density at radius 1 is 1.16 bits per heavy atom. The average molecular weight is 343 g/mol. The highest BCUT2D eigenvalue weighted by Crippen LogP contribution is 2.32. The Labute approximate surface area is 148 Å². The second-order valence-electron chi connectivity index (χ2n) is 7.09. The molecule has 1 spiro atoms. The van der Waals surface area contributed by atoms with E-state index in [-0.39, 0.29) is 18.4 Å². The third-order valence-electron chi connectivity index (χ3n) is 5.06. The third kappa shape index (κ3) is 3.83. The highest BCUT2D eigenvalue weighted by atomic mass is 16.2. The zero-order valence-corrected chi connectivity index (χ0v) is 14.6. The molecule has 1 aromatic carbocycles. The van der Waals surface area contributed by atoms with Crippen LogP contribution < -0.4 is 10.6 Å². The van der Waals surface area contributed by atoms with Gasteiger partial charge < -0.3 is 10.6 Å². The molecule has 25 heavy (non-hydrogen) atoms. The maximum Gasteiger partial charge on any atom is 0.325 e. The van der Waals surface area contributed by atoms with Crippen LogP contribution in [-0.2, 0) is 9.59 Å². The summed E-state index contributed by atoms with van der Waals surface area (Å²) in [5, 5.41) is 5.62. The van der Waals surface area contributed by atoms with Gasteiger partial charge in [-0.2, -0.15) is 0 Å². The van der Waals surface area contributed by atoms with Crippen molar-refractivity contribution in [3.63, 3.8) is 0 Å². The number of hydrogen-bond donors (Lipinski definition) is 2. The van der Waals surface area contributed by atoms with Gasteiger partial charge in [0.2, 0.25) is 5.91 Å². The predicted molar refractivity (Wildman–Crippen MR) is 95.1 cm³/mol. The van der Waals surface area contributed by atoms with Gasteiger partial charge in [0, 0.05) is 5.69 Å². The number of imide groups is 1. The van der Waals surface area contributed by atoms with Crippen molar-refractivity contribution in [2.75, 3.05) is 11.9 Å². The lowest BCUT2D eigenvalue weighted by Crippen LogP contribution is -2.47. The van der Waals surface area contributed by atoms with Crippen LogP contribution in [0.3, 0.4) is 0 Å². The van der Waals surface area contributed by atoms with Crippen molar-refractivity contribution >= 4 is 23.5 Å². The number of benzene rings is 1. The fourth-order valence-corrected chi connectivity index (χ4v) is 3.73. The molecule has 0 aromatic heterocycles. The van der Waals surface area contributed by atoms with Crippen LogP contribution in [0, 0.1) is 6.92 Å². The van der Waals surface area contributed by atoms with E-state index in [0.717, 1.165) is 36.1 Å². The smallest absolute Gasteiger partial charge is 0.325 e. The molecule has 2 N–H and O–H groups in total. The molecule has 2 aliphatic rings. The quantitative estimate of drug-likeness (QED) is 0.828. The number of urea groups is 1. The maximum atomic E-state index is 12.9. The molecule has 134 valence electrons. The van der Waals surface area contributed by atoms with Crippen LogP contribution in [-0.4, -0.2) is 34.8 Å². The molecule has 3 rings (SSSR count). The number of amides is 4. The van der Waals surface area contributed by atoms with Gasteiger partial charge in [-0.1, -0.05) is 44.2 Å². The monoisotopic (exact) mass is 343 g/mol. The van der Waals surface area contributed by atoms with E-state index in [2.05, 4.69) is 10.6 Å². The standard InChI is InChI=1S/C19H25N3O3/c1-14-8-7-9-15(12-14)20-16(23)13-22-17(24)19(21-18(22)25)10-5-3-2-4-6-11-19/h7-9,12H,2-6,10-11,13H2,1H3,(H,20,23)(H,21,25). The lowest BCUT2D eigenvalue weighted by atomic mass is 9.84. The molecular weight excluding hydrogens is 318 g/mol. The average Bonchev–Trinajstić information content (AvgIpc) is 2.76. The van der Waals surface area contributed by atoms with Crippen molar-refractivity contribution in [3.8, 4) is 0 Å². The van der Waals surface area contributed by atoms with E-state index in [4.69, 9.17) is 0 Å². The Kier molecular flexibility index (Phi) is 5.06. The van der Waals surface area contributed by atoms with E-state index in [1.807, 2.05) is 25.1 Å². The van der Waals surface area contributed by atoms with Gasteiger partial charge in [-0.25, -0.2) is 4.79 Å². The molecule has 0 unspecified atom stereocenters. The number of nitrogens with one attached hydrogen (secondary N) is 2. The molecule has 1 aliphatic carbocycles. The largest absolute Gasteiger partial charge is 0.325 e. The van der Waals surface area contributed by atoms with E-state index in [1.165, 1.54) is 6.42 Å². The summed E-state index contributed by atoms with van der Waals surface area (Å²) >= 11 is 0. The summed E-state index contributed by atoms with van der Waals surface area (Å²) in [7, 11) is 0. The highest BCUT2D eigenvalue weighted by molar-refractivity contribution is 6.10. The second-order valence-corrected chi connectivity index (χ2v) is 7.09. The van der Waals surface area contributed by atoms with E-state index < -0.39 is 11.6 Å². The van der Waals surface area contributed by atoms with Gasteiger partial charge in [-0.05, 0) is 37.5 Å². The summed E-state index contributed by atoms with van der Waals surface area (Å²) in [6.07, 6.45) is 6.52. The van der Waals surface area contributed by atoms with Crippen molar-refractivity contribution in [3.05, 3.63) is 29.8 Å². The Bertz CT molecular complexity index is 678. The number of hydrogen-bond acceptors (Lipinski definition) is 3. The number of carbonyl (C=O) groups excluding carboxylic acids is 3. The second kappa shape index (κ2) is 7.25. The van der Waals surface area contributed by atoms with Crippen LogP contribution in [0.2, 0.25) is 0 Å². The number of rotatable bonds is 3. The number of anilines is 1. The molecule has 1 aliphatic heterocycles. The minimum Gasteiger partial charge on any atom is -0.325 e. The summed E-state index contributed by atoms with van der Waals surface area (Å²) in [6, 6.07) is 6.96. The molecule has 0 bridgehead atoms. The molecule has 1 saturated heterocycles. The van der Waals surface area contributed by atoms with E-state index in [1.54, 1.807) is 6.07 Å². The van der Waals surface area contributed by atoms with Gasteiger partial charge in [0.25, 0.3) is 5.91 Å². The summed E-state index contributed by atoms with van der Waals surface area (Å²) < 4.78 is 0. The Balaban J connectivity index is 1.66. The lowest BCUT2D eigenvalue weighted by molar-refractivity contribution is -0.134. The minimum absolute atomic E-state index is 0.250. The van der Waals surface area contributed by atoms with Crippen LogP contribution in [0.4, 0.5) is 10.5 Å². The molecule has 1 saturated carbocycles. The molecule has 1 heterocycles. The van der Waals surface area contributed by atoms with E-state index >= 15 is 0 Å². The molecule has 6 nitrogen and oxygen atoms in total. The fraction of sp³-hybridized carbons (Fsp3) is 0.526. The van der Waals surface area contributed by atoms with Crippen molar-refractivity contribution < 1.29 is 14.4 Å². The zero-order chi connectivity index (χ0) is 17.9. The van der Waals surface area contributed by atoms with Crippen LogP contribution in [0.5, 0.6) is 0 Å². The van der Waals surface area contributed by atoms with Gasteiger partial charge in [0.1, 0.15) is 12.1 Å². The molecule has 0 radical (unpaired) electrons. The minimum atomic E-state index is -0.804. The third-order valence-corrected chi connectivity index (χ3v) is 5.06. The van der Waals surface area contributed by atoms with Gasteiger partial charge in [-0.3, -0.25) is 14.5 Å². The number of carbonyl (C=O) groups is 3. The molecule has 4 amide bonds. The first-order valence-electron chi connectivity index (χ1n) is 9.01. The number of aryl methyl sites for hydroxylation is 1. The van der Waals surface area contributed by atoms with E-state index in [0.29, 0.717) is 18.5 Å². The summed E-state index contributed by atoms with van der Waals surface area (Å²) in [5.41, 5.74) is 0.889. The van der Waals surface area contributed by atoms with Gasteiger partial charge in [0.05, 0.1) is 0 Å². The first kappa shape index (κ1) is 17.5. The maximum absolute atomic E-state index is 12.9. The first-order chi connectivity index (χ1) is 12.0. The molecular formula is C19H25N3O3. The van der Waals surface area contributed by atoms with Crippen LogP contribution in [0.1, 0.15) is 50.5 Å². The first-order valence-corrected chi connectivity index (χ1v) is 9.01. The van der Waals surface area contributed by atoms with Crippen molar-refractivity contribution in [1.82, 2.24) is 10.2 Å². The SMILES string of the molecule is Cc1cccc(NC(=O)CN2C(=O)NC3(CCCCCCC3)C2=O)c1. The highest BCUT2D eigenvalue weighted by Gasteiger charge is 2.50. The summed E-state index contributed by atoms with van der Waals surface area (Å²) in [6.45, 7) is 1.69. The fourth-order valence-electron chi connectivity index (χ4n) is 3.73. The lowest BCUT2D eigenvalue weighted by Gasteiger charge is -2.28. The normalized spacial score (nSPS) is 20.1. The Morgan fingerprint density at radius 3 is 2.52 bits per heavy atom. The Hall–Kier alpha value is -2.37. The molecule has 6 heteroatoms. The Morgan fingerprint density at radius 2 is 1.84 bits per heavy atom. The van der Waals surface area contributed by atoms with Crippen LogP contribution >= 0.6 is 0 Å². The van der Waals surface area contributed by atoms with Crippen molar-refractivity contribution in [2.24, 2.45) is 0 Å². The van der Waals surface area contributed by atoms with Crippen molar-refractivity contribution in [2.45, 2.75) is 57.4 Å². The van der Waals surface area contributed by atoms with Crippen molar-refractivity contribution in [1.29, 1.82) is 0 Å². The summed E-state index contributed by atoms with van der Waals surface area (Å²) in [4.78, 5) is 38.5.